The molecule has 13 heavy (non-hydrogen) atoms. The van der Waals surface area contributed by atoms with Crippen molar-refractivity contribution in [3.63, 3.8) is 0 Å². The number of imidazole rings is 1. The summed E-state index contributed by atoms with van der Waals surface area (Å²) in [5.41, 5.74) is 3.34. The smallest absolute Gasteiger partial charge is 0.0966 e. The van der Waals surface area contributed by atoms with Crippen LogP contribution in [-0.4, -0.2) is 9.55 Å². The molecule has 2 heteroatoms. The molecule has 0 unspecified atom stereocenters. The fourth-order valence-electron chi connectivity index (χ4n) is 1.39. The number of hydrogen-bond acceptors (Lipinski definition) is 1. The highest BCUT2D eigenvalue weighted by Gasteiger charge is 2.00. The zero-order valence-electron chi connectivity index (χ0n) is 7.49. The summed E-state index contributed by atoms with van der Waals surface area (Å²) >= 11 is 0. The van der Waals surface area contributed by atoms with Gasteiger partial charge in [-0.3, -0.25) is 0 Å². The molecule has 0 amide bonds. The molecule has 2 nitrogen and oxygen atoms in total. The number of terminal acetylenes is 1. The first-order valence-corrected chi connectivity index (χ1v) is 4.16. The summed E-state index contributed by atoms with van der Waals surface area (Å²) < 4.78 is 1.97. The minimum atomic E-state index is 0.583. The van der Waals surface area contributed by atoms with Crippen LogP contribution in [0.5, 0.6) is 0 Å². The maximum absolute atomic E-state index is 5.25. The van der Waals surface area contributed by atoms with Gasteiger partial charge >= 0.3 is 0 Å². The SMILES string of the molecule is C#CCn1cnc2ccc(C)cc21. The highest BCUT2D eigenvalue weighted by molar-refractivity contribution is 5.76. The summed E-state index contributed by atoms with van der Waals surface area (Å²) in [7, 11) is 0. The van der Waals surface area contributed by atoms with Crippen molar-refractivity contribution in [3.8, 4) is 12.3 Å². The second-order valence-electron chi connectivity index (χ2n) is 3.07. The molecular weight excluding hydrogens is 160 g/mol. The molecule has 0 saturated carbocycles. The summed E-state index contributed by atoms with van der Waals surface area (Å²) in [6.45, 7) is 2.65. The van der Waals surface area contributed by atoms with Crippen LogP contribution in [-0.2, 0) is 6.54 Å². The molecule has 0 fully saturated rings. The summed E-state index contributed by atoms with van der Waals surface area (Å²) in [4.78, 5) is 4.25. The van der Waals surface area contributed by atoms with Crippen molar-refractivity contribution in [2.24, 2.45) is 0 Å². The highest BCUT2D eigenvalue weighted by Crippen LogP contribution is 2.13. The van der Waals surface area contributed by atoms with Gasteiger partial charge in [0.2, 0.25) is 0 Å². The van der Waals surface area contributed by atoms with Gasteiger partial charge in [0.1, 0.15) is 0 Å². The fourth-order valence-corrected chi connectivity index (χ4v) is 1.39. The standard InChI is InChI=1S/C11H10N2/c1-3-6-13-8-12-10-5-4-9(2)7-11(10)13/h1,4-5,7-8H,6H2,2H3. The third kappa shape index (κ3) is 1.29. The van der Waals surface area contributed by atoms with Crippen molar-refractivity contribution < 1.29 is 0 Å². The lowest BCUT2D eigenvalue weighted by molar-refractivity contribution is 0.870. The first kappa shape index (κ1) is 7.88. The molecule has 0 atom stereocenters. The summed E-state index contributed by atoms with van der Waals surface area (Å²) in [5, 5.41) is 0. The van der Waals surface area contributed by atoms with Gasteiger partial charge in [-0.05, 0) is 24.6 Å². The van der Waals surface area contributed by atoms with Crippen molar-refractivity contribution in [2.75, 3.05) is 0 Å². The Morgan fingerprint density at radius 1 is 1.54 bits per heavy atom. The van der Waals surface area contributed by atoms with Crippen LogP contribution in [0.1, 0.15) is 5.56 Å². The zero-order chi connectivity index (χ0) is 9.26. The monoisotopic (exact) mass is 170 g/mol. The quantitative estimate of drug-likeness (QED) is 0.598. The van der Waals surface area contributed by atoms with E-state index in [4.69, 9.17) is 6.42 Å². The van der Waals surface area contributed by atoms with E-state index in [1.165, 1.54) is 5.56 Å². The molecular formula is C11H10N2. The molecule has 2 aromatic rings. The maximum Gasteiger partial charge on any atom is 0.0966 e. The minimum absolute atomic E-state index is 0.583. The molecule has 0 aliphatic heterocycles. The Balaban J connectivity index is 2.66. The van der Waals surface area contributed by atoms with Gasteiger partial charge in [0, 0.05) is 0 Å². The number of benzene rings is 1. The number of nitrogens with zero attached hydrogens (tertiary/aromatic N) is 2. The van der Waals surface area contributed by atoms with Crippen LogP contribution in [0.4, 0.5) is 0 Å². The first-order valence-electron chi connectivity index (χ1n) is 4.16. The topological polar surface area (TPSA) is 17.8 Å². The molecule has 0 aliphatic carbocycles. The van der Waals surface area contributed by atoms with Crippen LogP contribution in [0.2, 0.25) is 0 Å². The van der Waals surface area contributed by atoms with Crippen LogP contribution >= 0.6 is 0 Å². The molecule has 1 aromatic carbocycles. The lowest BCUT2D eigenvalue weighted by Gasteiger charge is -1.98. The number of rotatable bonds is 1. The third-order valence-electron chi connectivity index (χ3n) is 2.04. The number of aromatic nitrogens is 2. The molecule has 0 radical (unpaired) electrons. The number of fused-ring (bicyclic) bond motifs is 1. The van der Waals surface area contributed by atoms with Crippen LogP contribution in [0.15, 0.2) is 24.5 Å². The predicted octanol–water partition coefficient (Wildman–Crippen LogP) is 1.98. The molecule has 2 rings (SSSR count). The Morgan fingerprint density at radius 2 is 2.38 bits per heavy atom. The van der Waals surface area contributed by atoms with Gasteiger partial charge in [-0.25, -0.2) is 4.98 Å². The van der Waals surface area contributed by atoms with Gasteiger partial charge in [0.05, 0.1) is 23.9 Å². The van der Waals surface area contributed by atoms with Gasteiger partial charge < -0.3 is 4.57 Å². The molecule has 64 valence electrons. The van der Waals surface area contributed by atoms with E-state index in [0.29, 0.717) is 6.54 Å². The second kappa shape index (κ2) is 2.95. The lowest BCUT2D eigenvalue weighted by atomic mass is 10.2. The van der Waals surface area contributed by atoms with Crippen LogP contribution in [0.25, 0.3) is 11.0 Å². The van der Waals surface area contributed by atoms with Crippen molar-refractivity contribution in [1.82, 2.24) is 9.55 Å². The average molecular weight is 170 g/mol. The summed E-state index contributed by atoms with van der Waals surface area (Å²) in [5.74, 6) is 2.60. The maximum atomic E-state index is 5.25. The van der Waals surface area contributed by atoms with E-state index in [1.807, 2.05) is 10.6 Å². The van der Waals surface area contributed by atoms with E-state index in [0.717, 1.165) is 11.0 Å². The van der Waals surface area contributed by atoms with Crippen molar-refractivity contribution in [2.45, 2.75) is 13.5 Å². The predicted molar refractivity (Wildman–Crippen MR) is 53.3 cm³/mol. The van der Waals surface area contributed by atoms with E-state index in [1.54, 1.807) is 6.33 Å². The van der Waals surface area contributed by atoms with Gasteiger partial charge in [-0.1, -0.05) is 12.0 Å². The van der Waals surface area contributed by atoms with E-state index in [-0.39, 0.29) is 0 Å². The van der Waals surface area contributed by atoms with Gasteiger partial charge in [0.15, 0.2) is 0 Å². The van der Waals surface area contributed by atoms with E-state index in [9.17, 15) is 0 Å². The third-order valence-corrected chi connectivity index (χ3v) is 2.04. The zero-order valence-corrected chi connectivity index (χ0v) is 7.49. The molecule has 0 saturated heterocycles. The summed E-state index contributed by atoms with van der Waals surface area (Å²) in [6, 6.07) is 6.16. The Bertz CT molecular complexity index is 474. The normalized spacial score (nSPS) is 10.2. The van der Waals surface area contributed by atoms with Crippen molar-refractivity contribution in [1.29, 1.82) is 0 Å². The Hall–Kier alpha value is -1.75. The molecule has 1 aromatic heterocycles. The molecule has 0 bridgehead atoms. The average Bonchev–Trinajstić information content (AvgIpc) is 2.49. The second-order valence-corrected chi connectivity index (χ2v) is 3.07. The van der Waals surface area contributed by atoms with E-state index in [2.05, 4.69) is 30.0 Å². The van der Waals surface area contributed by atoms with Crippen LogP contribution in [0.3, 0.4) is 0 Å². The van der Waals surface area contributed by atoms with Crippen LogP contribution < -0.4 is 0 Å². The summed E-state index contributed by atoms with van der Waals surface area (Å²) in [6.07, 6.45) is 7.03. The lowest BCUT2D eigenvalue weighted by Crippen LogP contribution is -1.92. The molecule has 0 aliphatic rings. The highest BCUT2D eigenvalue weighted by atomic mass is 15.0. The van der Waals surface area contributed by atoms with Crippen LogP contribution in [0, 0.1) is 19.3 Å². The Kier molecular flexibility index (Phi) is 1.79. The van der Waals surface area contributed by atoms with Gasteiger partial charge in [-0.2, -0.15) is 0 Å². The van der Waals surface area contributed by atoms with Crippen molar-refractivity contribution >= 4 is 11.0 Å². The Labute approximate surface area is 77.2 Å². The molecule has 0 spiro atoms. The molecule has 0 N–H and O–H groups in total. The largest absolute Gasteiger partial charge is 0.319 e. The molecule has 1 heterocycles. The first-order chi connectivity index (χ1) is 6.31. The minimum Gasteiger partial charge on any atom is -0.319 e. The van der Waals surface area contributed by atoms with E-state index >= 15 is 0 Å². The van der Waals surface area contributed by atoms with E-state index < -0.39 is 0 Å². The fraction of sp³-hybridized carbons (Fsp3) is 0.182. The number of hydrogen-bond donors (Lipinski definition) is 0. The van der Waals surface area contributed by atoms with Crippen molar-refractivity contribution in [3.05, 3.63) is 30.1 Å². The number of aryl methyl sites for hydroxylation is 1. The van der Waals surface area contributed by atoms with Gasteiger partial charge in [0.25, 0.3) is 0 Å². The Morgan fingerprint density at radius 3 is 3.15 bits per heavy atom. The van der Waals surface area contributed by atoms with Gasteiger partial charge in [-0.15, -0.1) is 6.42 Å².